The molecule has 116 valence electrons. The minimum atomic E-state index is -0.143. The minimum absolute atomic E-state index is 0.00789. The topological polar surface area (TPSA) is 79.9 Å². The molecule has 1 aliphatic heterocycles. The Bertz CT molecular complexity index is 803. The summed E-state index contributed by atoms with van der Waals surface area (Å²) in [5.41, 5.74) is 2.52. The molecule has 7 heteroatoms. The highest BCUT2D eigenvalue weighted by Gasteiger charge is 2.24. The summed E-state index contributed by atoms with van der Waals surface area (Å²) in [6.45, 7) is -0.150. The van der Waals surface area contributed by atoms with Gasteiger partial charge in [0.1, 0.15) is 0 Å². The van der Waals surface area contributed by atoms with Gasteiger partial charge in [0.2, 0.25) is 12.3 Å². The third kappa shape index (κ3) is 3.22. The van der Waals surface area contributed by atoms with E-state index in [-0.39, 0.29) is 13.2 Å². The van der Waals surface area contributed by atoms with Crippen LogP contribution in [0, 0.1) is 10.1 Å². The molecule has 0 bridgehead atoms. The van der Waals surface area contributed by atoms with Crippen molar-refractivity contribution in [3.05, 3.63) is 74.8 Å². The minimum Gasteiger partial charge on any atom is -0.623 e. The summed E-state index contributed by atoms with van der Waals surface area (Å²) in [5.74, 6) is 0.383. The third-order valence-electron chi connectivity index (χ3n) is 3.41. The molecule has 0 radical (unpaired) electrons. The highest BCUT2D eigenvalue weighted by Crippen LogP contribution is 2.28. The zero-order chi connectivity index (χ0) is 16.2. The van der Waals surface area contributed by atoms with Gasteiger partial charge in [-0.25, -0.2) is 4.99 Å². The molecule has 1 N–H and O–H groups in total. The van der Waals surface area contributed by atoms with E-state index in [2.05, 4.69) is 15.5 Å². The molecule has 1 aliphatic rings. The highest BCUT2D eigenvalue weighted by molar-refractivity contribution is 6.31. The van der Waals surface area contributed by atoms with Gasteiger partial charge in [-0.3, -0.25) is 0 Å². The maximum absolute atomic E-state index is 12.7. The van der Waals surface area contributed by atoms with E-state index in [0.717, 1.165) is 10.3 Å². The van der Waals surface area contributed by atoms with Crippen LogP contribution in [0.3, 0.4) is 0 Å². The summed E-state index contributed by atoms with van der Waals surface area (Å²) < 4.78 is 0.841. The first-order valence-electron chi connectivity index (χ1n) is 6.96. The van der Waals surface area contributed by atoms with Gasteiger partial charge in [0, 0.05) is 10.6 Å². The Labute approximate surface area is 137 Å². The van der Waals surface area contributed by atoms with Crippen LogP contribution in [0.4, 0.5) is 5.69 Å². The number of nitroso groups, excluding NO2 is 1. The number of fused-ring (bicyclic) bond motifs is 1. The first kappa shape index (κ1) is 15.2. The van der Waals surface area contributed by atoms with Crippen molar-refractivity contribution in [3.8, 4) is 0 Å². The lowest BCUT2D eigenvalue weighted by atomic mass is 10.0. The summed E-state index contributed by atoms with van der Waals surface area (Å²) in [6.07, 6.45) is 0. The molecule has 0 saturated heterocycles. The molecule has 0 unspecified atom stereocenters. The number of nitrogens with zero attached hydrogens (tertiary/aromatic N) is 3. The van der Waals surface area contributed by atoms with Gasteiger partial charge in [0.25, 0.3) is 0 Å². The Morgan fingerprint density at radius 3 is 2.78 bits per heavy atom. The Balaban J connectivity index is 2.17. The number of hydroxylamine groups is 1. The van der Waals surface area contributed by atoms with Gasteiger partial charge in [-0.1, -0.05) is 29.8 Å². The summed E-state index contributed by atoms with van der Waals surface area (Å²) >= 11 is 6.10. The van der Waals surface area contributed by atoms with Gasteiger partial charge in [-0.05, 0) is 35.5 Å². The number of nitrogens with one attached hydrogen (secondary N) is 1. The average Bonchev–Trinajstić information content (AvgIpc) is 2.69. The molecular formula is C16H13ClN4O2. The Morgan fingerprint density at radius 1 is 1.26 bits per heavy atom. The first-order valence-corrected chi connectivity index (χ1v) is 7.34. The van der Waals surface area contributed by atoms with Crippen molar-refractivity contribution in [1.29, 1.82) is 0 Å². The second kappa shape index (κ2) is 6.58. The molecule has 0 aliphatic carbocycles. The van der Waals surface area contributed by atoms with Gasteiger partial charge in [-0.15, -0.1) is 4.91 Å². The monoisotopic (exact) mass is 328 g/mol. The summed E-state index contributed by atoms with van der Waals surface area (Å²) in [6, 6.07) is 14.5. The number of rotatable bonds is 3. The summed E-state index contributed by atoms with van der Waals surface area (Å²) in [5, 5.41) is 18.7. The molecule has 3 rings (SSSR count). The van der Waals surface area contributed by atoms with E-state index in [9.17, 15) is 10.1 Å². The molecule has 0 aromatic heterocycles. The fraction of sp³-hybridized carbons (Fsp3) is 0.125. The maximum atomic E-state index is 12.7. The maximum Gasteiger partial charge on any atom is 0.228 e. The molecule has 2 aromatic carbocycles. The first-order chi connectivity index (χ1) is 11.2. The quantitative estimate of drug-likeness (QED) is 0.534. The number of benzene rings is 2. The number of amidine groups is 1. The molecule has 23 heavy (non-hydrogen) atoms. The van der Waals surface area contributed by atoms with Crippen LogP contribution in [-0.2, 0) is 0 Å². The number of aliphatic imine (C=N–C) groups is 1. The van der Waals surface area contributed by atoms with Crippen LogP contribution >= 0.6 is 11.6 Å². The third-order valence-corrected chi connectivity index (χ3v) is 3.64. The van der Waals surface area contributed by atoms with Crippen LogP contribution in [0.2, 0.25) is 5.02 Å². The van der Waals surface area contributed by atoms with Crippen molar-refractivity contribution < 1.29 is 4.74 Å². The lowest BCUT2D eigenvalue weighted by Crippen LogP contribution is -2.32. The van der Waals surface area contributed by atoms with E-state index in [0.29, 0.717) is 27.8 Å². The predicted octanol–water partition coefficient (Wildman–Crippen LogP) is 3.04. The van der Waals surface area contributed by atoms with Crippen molar-refractivity contribution in [3.63, 3.8) is 0 Å². The largest absolute Gasteiger partial charge is 0.623 e. The van der Waals surface area contributed by atoms with E-state index < -0.39 is 0 Å². The molecule has 2 aromatic rings. The molecule has 1 heterocycles. The van der Waals surface area contributed by atoms with E-state index in [1.807, 2.05) is 30.3 Å². The normalized spacial score (nSPS) is 13.9. The van der Waals surface area contributed by atoms with E-state index in [1.165, 1.54) is 0 Å². The van der Waals surface area contributed by atoms with Gasteiger partial charge < -0.3 is 10.5 Å². The lowest BCUT2D eigenvalue weighted by molar-refractivity contribution is -0.439. The van der Waals surface area contributed by atoms with Crippen LogP contribution in [0.25, 0.3) is 0 Å². The molecule has 6 nitrogen and oxygen atoms in total. The molecular weight excluding hydrogens is 316 g/mol. The predicted molar refractivity (Wildman–Crippen MR) is 90.5 cm³/mol. The smallest absolute Gasteiger partial charge is 0.228 e. The Hall–Kier alpha value is -2.73. The van der Waals surface area contributed by atoms with Crippen LogP contribution in [-0.4, -0.2) is 29.5 Å². The van der Waals surface area contributed by atoms with Crippen LogP contribution in [0.5, 0.6) is 0 Å². The van der Waals surface area contributed by atoms with Gasteiger partial charge in [0.05, 0.1) is 11.3 Å². The van der Waals surface area contributed by atoms with Crippen molar-refractivity contribution in [2.75, 3.05) is 13.2 Å². The zero-order valence-corrected chi connectivity index (χ0v) is 12.8. The molecule has 0 amide bonds. The summed E-state index contributed by atoms with van der Waals surface area (Å²) in [4.78, 5) is 14.7. The number of hydrogen-bond acceptors (Lipinski definition) is 5. The van der Waals surface area contributed by atoms with Crippen molar-refractivity contribution in [2.45, 2.75) is 0 Å². The second-order valence-electron chi connectivity index (χ2n) is 4.94. The Morgan fingerprint density at radius 2 is 2.04 bits per heavy atom. The fourth-order valence-electron chi connectivity index (χ4n) is 2.44. The molecule has 0 fully saturated rings. The average molecular weight is 329 g/mol. The standard InChI is InChI=1S/C16H13ClN4O2/c17-12-6-7-14-13(8-12)16(11-4-2-1-3-5-11)21(23)9-15(20-14)18-10-19-22/h1-8H,9-10H2,(H,18,20). The summed E-state index contributed by atoms with van der Waals surface area (Å²) in [7, 11) is 0. The van der Waals surface area contributed by atoms with E-state index in [1.54, 1.807) is 18.2 Å². The molecule has 0 saturated carbocycles. The SMILES string of the molecule is O=NCNC1=Nc2ccc(Cl)cc2C(c2ccccc2)=[N+]([O-])C1. The zero-order valence-electron chi connectivity index (χ0n) is 12.1. The second-order valence-corrected chi connectivity index (χ2v) is 5.37. The van der Waals surface area contributed by atoms with Crippen LogP contribution in [0.15, 0.2) is 58.7 Å². The molecule has 0 spiro atoms. The van der Waals surface area contributed by atoms with E-state index >= 15 is 0 Å². The number of hydrogen-bond donors (Lipinski definition) is 1. The van der Waals surface area contributed by atoms with Gasteiger partial charge >= 0.3 is 0 Å². The van der Waals surface area contributed by atoms with Crippen molar-refractivity contribution >= 4 is 28.8 Å². The van der Waals surface area contributed by atoms with Crippen LogP contribution < -0.4 is 5.32 Å². The lowest BCUT2D eigenvalue weighted by Gasteiger charge is -2.10. The number of halogens is 1. The van der Waals surface area contributed by atoms with Gasteiger partial charge in [0.15, 0.2) is 12.5 Å². The fourth-order valence-corrected chi connectivity index (χ4v) is 2.61. The molecule has 0 atom stereocenters. The Kier molecular flexibility index (Phi) is 4.34. The van der Waals surface area contributed by atoms with Crippen molar-refractivity contribution in [1.82, 2.24) is 5.32 Å². The van der Waals surface area contributed by atoms with Crippen molar-refractivity contribution in [2.24, 2.45) is 10.2 Å². The van der Waals surface area contributed by atoms with E-state index in [4.69, 9.17) is 11.6 Å². The highest BCUT2D eigenvalue weighted by atomic mass is 35.5. The van der Waals surface area contributed by atoms with Gasteiger partial charge in [-0.2, -0.15) is 4.74 Å². The van der Waals surface area contributed by atoms with Crippen LogP contribution in [0.1, 0.15) is 11.1 Å².